The molecule has 1 aliphatic carbocycles. The molecule has 0 bridgehead atoms. The Morgan fingerprint density at radius 1 is 1.11 bits per heavy atom. The number of fused-ring (bicyclic) bond motifs is 1. The zero-order chi connectivity index (χ0) is 24.3. The average Bonchev–Trinajstić information content (AvgIpc) is 3.26. The number of esters is 1. The molecule has 4 rings (SSSR count). The van der Waals surface area contributed by atoms with Gasteiger partial charge in [0.05, 0.1) is 12.0 Å². The summed E-state index contributed by atoms with van der Waals surface area (Å²) in [5, 5.41) is 2.55. The summed E-state index contributed by atoms with van der Waals surface area (Å²) in [6.45, 7) is 4.54. The monoisotopic (exact) mass is 510 g/mol. The molecule has 0 radical (unpaired) electrons. The molecule has 1 N–H and O–H groups in total. The number of rotatable bonds is 7. The van der Waals surface area contributed by atoms with Gasteiger partial charge in [0.2, 0.25) is 0 Å². The maximum Gasteiger partial charge on any atom is 0.405 e. The first-order valence-electron chi connectivity index (χ1n) is 12.1. The topological polar surface area (TPSA) is 41.6 Å². The molecule has 0 amide bonds. The van der Waals surface area contributed by atoms with Crippen LogP contribution in [0.15, 0.2) is 48.5 Å². The largest absolute Gasteiger partial charge is 0.463 e. The van der Waals surface area contributed by atoms with Gasteiger partial charge < -0.3 is 10.1 Å². The number of carbonyl (C=O) groups is 1. The minimum Gasteiger partial charge on any atom is -0.463 e. The Balaban J connectivity index is 0.00000342. The van der Waals surface area contributed by atoms with Crippen LogP contribution in [0.4, 0.5) is 13.2 Å². The third-order valence-corrected chi connectivity index (χ3v) is 7.29. The van der Waals surface area contributed by atoms with Gasteiger partial charge in [-0.05, 0) is 47.9 Å². The molecular weight excluding hydrogens is 477 g/mol. The molecule has 4 unspecified atom stereocenters. The molecule has 4 atom stereocenters. The smallest absolute Gasteiger partial charge is 0.405 e. The zero-order valence-electron chi connectivity index (χ0n) is 20.2. The van der Waals surface area contributed by atoms with E-state index >= 15 is 0 Å². The van der Waals surface area contributed by atoms with Crippen LogP contribution in [0.25, 0.3) is 0 Å². The lowest BCUT2D eigenvalue weighted by Crippen LogP contribution is -2.58. The first kappa shape index (κ1) is 27.5. The van der Waals surface area contributed by atoms with E-state index in [0.29, 0.717) is 12.5 Å². The van der Waals surface area contributed by atoms with Gasteiger partial charge in [0, 0.05) is 19.6 Å². The van der Waals surface area contributed by atoms with Gasteiger partial charge in [-0.15, -0.1) is 12.4 Å². The van der Waals surface area contributed by atoms with Gasteiger partial charge in [0.1, 0.15) is 12.6 Å². The number of nitrogens with zero attached hydrogens (tertiary/aromatic N) is 1. The Bertz CT molecular complexity index is 986. The van der Waals surface area contributed by atoms with E-state index < -0.39 is 24.2 Å². The summed E-state index contributed by atoms with van der Waals surface area (Å²) < 4.78 is 45.8. The molecule has 2 aromatic rings. The van der Waals surface area contributed by atoms with Crippen molar-refractivity contribution in [3.8, 4) is 0 Å². The fraction of sp³-hybridized carbons (Fsp3) is 0.519. The van der Waals surface area contributed by atoms with Crippen LogP contribution in [0.3, 0.4) is 0 Å². The molecule has 1 fully saturated rings. The zero-order valence-corrected chi connectivity index (χ0v) is 21.0. The lowest BCUT2D eigenvalue weighted by Gasteiger charge is -2.39. The molecule has 1 heterocycles. The van der Waals surface area contributed by atoms with Gasteiger partial charge in [0.15, 0.2) is 0 Å². The molecule has 8 heteroatoms. The predicted molar refractivity (Wildman–Crippen MR) is 133 cm³/mol. The minimum absolute atomic E-state index is 0. The molecule has 1 saturated heterocycles. The summed E-state index contributed by atoms with van der Waals surface area (Å²) in [7, 11) is 0. The van der Waals surface area contributed by atoms with Crippen molar-refractivity contribution in [1.82, 2.24) is 10.2 Å². The number of benzene rings is 2. The van der Waals surface area contributed by atoms with Crippen LogP contribution in [-0.4, -0.2) is 49.3 Å². The van der Waals surface area contributed by atoms with E-state index in [1.807, 2.05) is 43.3 Å². The highest BCUT2D eigenvalue weighted by molar-refractivity contribution is 5.85. The lowest BCUT2D eigenvalue weighted by atomic mass is 9.97. The maximum absolute atomic E-state index is 13.4. The molecule has 4 nitrogen and oxygen atoms in total. The second-order valence-electron chi connectivity index (χ2n) is 9.53. The van der Waals surface area contributed by atoms with Crippen molar-refractivity contribution in [2.24, 2.45) is 5.92 Å². The van der Waals surface area contributed by atoms with Gasteiger partial charge >= 0.3 is 12.1 Å². The van der Waals surface area contributed by atoms with Crippen molar-refractivity contribution < 1.29 is 22.7 Å². The molecule has 0 saturated carbocycles. The van der Waals surface area contributed by atoms with E-state index in [0.717, 1.165) is 30.4 Å². The Kier molecular flexibility index (Phi) is 9.24. The van der Waals surface area contributed by atoms with E-state index in [2.05, 4.69) is 24.4 Å². The molecular formula is C27H34ClF3N2O2. The van der Waals surface area contributed by atoms with E-state index in [9.17, 15) is 18.0 Å². The summed E-state index contributed by atoms with van der Waals surface area (Å²) in [5.41, 5.74) is 4.44. The number of hydrogen-bond acceptors (Lipinski definition) is 4. The van der Waals surface area contributed by atoms with E-state index in [4.69, 9.17) is 4.74 Å². The highest BCUT2D eigenvalue weighted by Crippen LogP contribution is 2.32. The fourth-order valence-electron chi connectivity index (χ4n) is 5.07. The molecule has 192 valence electrons. The minimum atomic E-state index is -4.32. The van der Waals surface area contributed by atoms with Crippen molar-refractivity contribution in [3.05, 3.63) is 70.8 Å². The second-order valence-corrected chi connectivity index (χ2v) is 9.53. The van der Waals surface area contributed by atoms with Crippen LogP contribution < -0.4 is 5.32 Å². The molecule has 0 aromatic heterocycles. The van der Waals surface area contributed by atoms with Crippen LogP contribution in [0.1, 0.15) is 54.5 Å². The van der Waals surface area contributed by atoms with E-state index in [1.165, 1.54) is 11.1 Å². The third kappa shape index (κ3) is 6.57. The normalized spacial score (nSPS) is 22.1. The second kappa shape index (κ2) is 11.8. The summed E-state index contributed by atoms with van der Waals surface area (Å²) in [6, 6.07) is 13.5. The van der Waals surface area contributed by atoms with Gasteiger partial charge in [-0.3, -0.25) is 9.69 Å². The summed E-state index contributed by atoms with van der Waals surface area (Å²) >= 11 is 0. The van der Waals surface area contributed by atoms with Crippen LogP contribution in [0.2, 0.25) is 0 Å². The Morgan fingerprint density at radius 2 is 1.83 bits per heavy atom. The van der Waals surface area contributed by atoms with Gasteiger partial charge in [-0.25, -0.2) is 0 Å². The Morgan fingerprint density at radius 3 is 2.51 bits per heavy atom. The van der Waals surface area contributed by atoms with E-state index in [1.54, 1.807) is 4.90 Å². The molecule has 0 spiro atoms. The molecule has 2 aromatic carbocycles. The van der Waals surface area contributed by atoms with Crippen LogP contribution >= 0.6 is 12.4 Å². The molecule has 2 aliphatic rings. The van der Waals surface area contributed by atoms with Crippen molar-refractivity contribution >= 4 is 18.4 Å². The van der Waals surface area contributed by atoms with E-state index in [-0.39, 0.29) is 38.1 Å². The van der Waals surface area contributed by atoms with Crippen molar-refractivity contribution in [2.45, 2.75) is 57.3 Å². The van der Waals surface area contributed by atoms with Crippen molar-refractivity contribution in [2.75, 3.05) is 26.2 Å². The van der Waals surface area contributed by atoms with Crippen LogP contribution in [-0.2, 0) is 22.4 Å². The number of nitrogens with one attached hydrogen (secondary N) is 1. The summed E-state index contributed by atoms with van der Waals surface area (Å²) in [6.07, 6.45) is -1.05. The molecule has 1 aliphatic heterocycles. The lowest BCUT2D eigenvalue weighted by molar-refractivity contribution is -0.169. The number of hydrogen-bond donors (Lipinski definition) is 1. The summed E-state index contributed by atoms with van der Waals surface area (Å²) in [4.78, 5) is 14.7. The highest BCUT2D eigenvalue weighted by atomic mass is 35.5. The number of alkyl halides is 3. The molecule has 35 heavy (non-hydrogen) atoms. The number of carbonyl (C=O) groups excluding carboxylic acids is 1. The maximum atomic E-state index is 13.4. The van der Waals surface area contributed by atoms with Gasteiger partial charge in [0.25, 0.3) is 0 Å². The number of halogens is 4. The SMILES string of the molecule is CCC1Cc2ccc(C(C)C(=O)OCC(c3ccccc3)N3CCNC(C(F)(F)F)C3)cc2C1.Cl. The third-order valence-electron chi connectivity index (χ3n) is 7.29. The van der Waals surface area contributed by atoms with Gasteiger partial charge in [-0.1, -0.05) is 61.9 Å². The fourth-order valence-corrected chi connectivity index (χ4v) is 5.07. The van der Waals surface area contributed by atoms with Crippen LogP contribution in [0.5, 0.6) is 0 Å². The summed E-state index contributed by atoms with van der Waals surface area (Å²) in [5.74, 6) is -0.125. The van der Waals surface area contributed by atoms with Gasteiger partial charge in [-0.2, -0.15) is 13.2 Å². The van der Waals surface area contributed by atoms with Crippen molar-refractivity contribution in [1.29, 1.82) is 0 Å². The quantitative estimate of drug-likeness (QED) is 0.502. The Labute approximate surface area is 211 Å². The highest BCUT2D eigenvalue weighted by Gasteiger charge is 2.43. The number of ether oxygens (including phenoxy) is 1. The van der Waals surface area contributed by atoms with Crippen molar-refractivity contribution in [3.63, 3.8) is 0 Å². The van der Waals surface area contributed by atoms with Crippen LogP contribution in [0, 0.1) is 5.92 Å². The Hall–Kier alpha value is -2.09. The first-order valence-corrected chi connectivity index (χ1v) is 12.1. The first-order chi connectivity index (χ1) is 16.3. The number of piperazine rings is 1. The average molecular weight is 511 g/mol. The predicted octanol–water partition coefficient (Wildman–Crippen LogP) is 5.46. The standard InChI is InChI=1S/C27H33F3N2O2.ClH/c1-3-19-13-22-10-9-21(15-23(22)14-19)18(2)26(33)34-17-24(20-7-5-4-6-8-20)32-12-11-31-25(16-32)27(28,29)30;/h4-10,15,18-19,24-25,31H,3,11-14,16-17H2,1-2H3;1H.